The van der Waals surface area contributed by atoms with E-state index in [1.165, 1.54) is 12.4 Å². The topological polar surface area (TPSA) is 54.9 Å². The number of carbonyl (C=O) groups is 1. The van der Waals surface area contributed by atoms with Crippen LogP contribution in [0.25, 0.3) is 11.4 Å². The van der Waals surface area contributed by atoms with Crippen LogP contribution in [0.3, 0.4) is 0 Å². The van der Waals surface area contributed by atoms with E-state index in [1.807, 2.05) is 31.2 Å². The van der Waals surface area contributed by atoms with Gasteiger partial charge in [-0.3, -0.25) is 4.79 Å². The second-order valence-corrected chi connectivity index (χ2v) is 6.42. The third-order valence-corrected chi connectivity index (χ3v) is 4.24. The minimum atomic E-state index is -0.231. The molecule has 0 aliphatic carbocycles. The number of nitrogens with zero attached hydrogens (tertiary/aromatic N) is 2. The summed E-state index contributed by atoms with van der Waals surface area (Å²) in [5, 5.41) is 4.23. The van der Waals surface area contributed by atoms with Crippen molar-refractivity contribution in [2.24, 2.45) is 0 Å². The summed E-state index contributed by atoms with van der Waals surface area (Å²) in [5.41, 5.74) is 2.21. The molecule has 1 unspecified atom stereocenters. The molecule has 1 atom stereocenters. The first kappa shape index (κ1) is 17.4. The molecule has 3 rings (SSSR count). The predicted molar refractivity (Wildman–Crippen MR) is 99.8 cm³/mol. The van der Waals surface area contributed by atoms with Crippen LogP contribution in [-0.4, -0.2) is 15.9 Å². The molecule has 6 heteroatoms. The Kier molecular flexibility index (Phi) is 5.31. The van der Waals surface area contributed by atoms with Crippen LogP contribution in [0.15, 0.2) is 60.9 Å². The molecule has 0 aliphatic rings. The van der Waals surface area contributed by atoms with Gasteiger partial charge in [0.05, 0.1) is 11.6 Å². The first-order valence-corrected chi connectivity index (χ1v) is 8.43. The molecule has 0 bridgehead atoms. The lowest BCUT2D eigenvalue weighted by Gasteiger charge is -2.14. The fourth-order valence-corrected chi connectivity index (χ4v) is 2.56. The molecule has 1 aromatic heterocycles. The maximum Gasteiger partial charge on any atom is 0.254 e. The van der Waals surface area contributed by atoms with Crippen LogP contribution in [-0.2, 0) is 0 Å². The Labute approximate surface area is 155 Å². The van der Waals surface area contributed by atoms with Gasteiger partial charge in [0.25, 0.3) is 5.91 Å². The zero-order chi connectivity index (χ0) is 17.8. The van der Waals surface area contributed by atoms with Crippen molar-refractivity contribution in [2.75, 3.05) is 0 Å². The molecule has 4 nitrogen and oxygen atoms in total. The summed E-state index contributed by atoms with van der Waals surface area (Å²) in [4.78, 5) is 20.9. The summed E-state index contributed by atoms with van der Waals surface area (Å²) >= 11 is 11.8. The number of aromatic nitrogens is 2. The third kappa shape index (κ3) is 4.35. The van der Waals surface area contributed by atoms with Crippen LogP contribution in [0.2, 0.25) is 10.0 Å². The van der Waals surface area contributed by atoms with Crippen molar-refractivity contribution in [3.05, 3.63) is 82.1 Å². The van der Waals surface area contributed by atoms with Crippen molar-refractivity contribution in [1.82, 2.24) is 15.3 Å². The van der Waals surface area contributed by atoms with Crippen molar-refractivity contribution < 1.29 is 4.79 Å². The Morgan fingerprint density at radius 2 is 1.44 bits per heavy atom. The zero-order valence-corrected chi connectivity index (χ0v) is 14.9. The number of amides is 1. The van der Waals surface area contributed by atoms with E-state index in [9.17, 15) is 4.79 Å². The van der Waals surface area contributed by atoms with Gasteiger partial charge in [0, 0.05) is 28.0 Å². The fourth-order valence-electron chi connectivity index (χ4n) is 2.31. The zero-order valence-electron chi connectivity index (χ0n) is 13.4. The van der Waals surface area contributed by atoms with Crippen molar-refractivity contribution in [3.63, 3.8) is 0 Å². The average Bonchev–Trinajstić information content (AvgIpc) is 2.63. The van der Waals surface area contributed by atoms with E-state index in [2.05, 4.69) is 15.3 Å². The van der Waals surface area contributed by atoms with Gasteiger partial charge in [0.15, 0.2) is 5.82 Å². The fraction of sp³-hybridized carbons (Fsp3) is 0.105. The number of hydrogen-bond acceptors (Lipinski definition) is 3. The van der Waals surface area contributed by atoms with Gasteiger partial charge in [-0.1, -0.05) is 35.3 Å². The quantitative estimate of drug-likeness (QED) is 0.706. The minimum absolute atomic E-state index is 0.152. The minimum Gasteiger partial charge on any atom is -0.345 e. The second kappa shape index (κ2) is 7.64. The van der Waals surface area contributed by atoms with Gasteiger partial charge in [-0.15, -0.1) is 0 Å². The largest absolute Gasteiger partial charge is 0.345 e. The summed E-state index contributed by atoms with van der Waals surface area (Å²) in [6, 6.07) is 14.4. The molecule has 1 amide bonds. The first-order valence-electron chi connectivity index (χ1n) is 7.67. The Hall–Kier alpha value is -2.43. The van der Waals surface area contributed by atoms with Gasteiger partial charge in [0.2, 0.25) is 0 Å². The number of carbonyl (C=O) groups excluding carboxylic acids is 1. The molecule has 1 N–H and O–H groups in total. The van der Waals surface area contributed by atoms with E-state index in [4.69, 9.17) is 23.2 Å². The molecule has 0 saturated heterocycles. The van der Waals surface area contributed by atoms with Crippen molar-refractivity contribution in [3.8, 4) is 11.4 Å². The highest BCUT2D eigenvalue weighted by Crippen LogP contribution is 2.19. The van der Waals surface area contributed by atoms with Crippen molar-refractivity contribution in [2.45, 2.75) is 13.0 Å². The SMILES string of the molecule is CC(NC(=O)c1cnc(-c2ccc(Cl)cc2)nc1)c1ccc(Cl)cc1. The molecule has 0 saturated carbocycles. The molecule has 3 aromatic rings. The lowest BCUT2D eigenvalue weighted by molar-refractivity contribution is 0.0939. The Morgan fingerprint density at radius 3 is 2.00 bits per heavy atom. The number of halogens is 2. The molecular weight excluding hydrogens is 357 g/mol. The van der Waals surface area contributed by atoms with Crippen molar-refractivity contribution >= 4 is 29.1 Å². The summed E-state index contributed by atoms with van der Waals surface area (Å²) in [6.45, 7) is 1.91. The van der Waals surface area contributed by atoms with Crippen LogP contribution in [0.4, 0.5) is 0 Å². The van der Waals surface area contributed by atoms with Gasteiger partial charge in [-0.25, -0.2) is 9.97 Å². The Morgan fingerprint density at radius 1 is 0.920 bits per heavy atom. The van der Waals surface area contributed by atoms with Gasteiger partial charge >= 0.3 is 0 Å². The normalized spacial score (nSPS) is 11.8. The highest BCUT2D eigenvalue weighted by atomic mass is 35.5. The Balaban J connectivity index is 1.70. The van der Waals surface area contributed by atoms with Crippen LogP contribution >= 0.6 is 23.2 Å². The molecule has 2 aromatic carbocycles. The summed E-state index contributed by atoms with van der Waals surface area (Å²) in [6.07, 6.45) is 3.03. The molecule has 0 spiro atoms. The van der Waals surface area contributed by atoms with E-state index >= 15 is 0 Å². The van der Waals surface area contributed by atoms with Crippen LogP contribution in [0.5, 0.6) is 0 Å². The monoisotopic (exact) mass is 371 g/mol. The third-order valence-electron chi connectivity index (χ3n) is 3.73. The van der Waals surface area contributed by atoms with Crippen LogP contribution in [0, 0.1) is 0 Å². The number of hydrogen-bond donors (Lipinski definition) is 1. The second-order valence-electron chi connectivity index (χ2n) is 5.55. The molecular formula is C19H15Cl2N3O. The van der Waals surface area contributed by atoms with E-state index < -0.39 is 0 Å². The van der Waals surface area contributed by atoms with E-state index in [1.54, 1.807) is 24.3 Å². The van der Waals surface area contributed by atoms with Gasteiger partial charge in [-0.05, 0) is 48.9 Å². The van der Waals surface area contributed by atoms with Crippen LogP contribution in [0.1, 0.15) is 28.9 Å². The van der Waals surface area contributed by atoms with Gasteiger partial charge < -0.3 is 5.32 Å². The molecule has 0 aliphatic heterocycles. The molecule has 126 valence electrons. The van der Waals surface area contributed by atoms with Gasteiger partial charge in [0.1, 0.15) is 0 Å². The molecule has 25 heavy (non-hydrogen) atoms. The highest BCUT2D eigenvalue weighted by molar-refractivity contribution is 6.30. The lowest BCUT2D eigenvalue weighted by Crippen LogP contribution is -2.26. The number of benzene rings is 2. The predicted octanol–water partition coefficient (Wildman–Crippen LogP) is 4.94. The summed E-state index contributed by atoms with van der Waals surface area (Å²) in [5.74, 6) is 0.309. The van der Waals surface area contributed by atoms with E-state index in [-0.39, 0.29) is 11.9 Å². The first-order chi connectivity index (χ1) is 12.0. The molecule has 0 fully saturated rings. The van der Waals surface area contributed by atoms with E-state index in [0.29, 0.717) is 21.4 Å². The number of nitrogens with one attached hydrogen (secondary N) is 1. The molecule has 0 radical (unpaired) electrons. The van der Waals surface area contributed by atoms with Crippen molar-refractivity contribution in [1.29, 1.82) is 0 Å². The maximum absolute atomic E-state index is 12.4. The summed E-state index contributed by atoms with van der Waals surface area (Å²) in [7, 11) is 0. The van der Waals surface area contributed by atoms with Crippen LogP contribution < -0.4 is 5.32 Å². The smallest absolute Gasteiger partial charge is 0.254 e. The summed E-state index contributed by atoms with van der Waals surface area (Å²) < 4.78 is 0. The number of rotatable bonds is 4. The van der Waals surface area contributed by atoms with E-state index in [0.717, 1.165) is 11.1 Å². The lowest BCUT2D eigenvalue weighted by atomic mass is 10.1. The standard InChI is InChI=1S/C19H15Cl2N3O/c1-12(13-2-6-16(20)7-3-13)24-19(25)15-10-22-18(23-11-15)14-4-8-17(21)9-5-14/h2-12H,1H3,(H,24,25). The molecule has 1 heterocycles. The Bertz CT molecular complexity index is 863. The van der Waals surface area contributed by atoms with Gasteiger partial charge in [-0.2, -0.15) is 0 Å². The highest BCUT2D eigenvalue weighted by Gasteiger charge is 2.13. The maximum atomic E-state index is 12.4. The average molecular weight is 372 g/mol.